The van der Waals surface area contributed by atoms with E-state index in [2.05, 4.69) is 4.98 Å². The summed E-state index contributed by atoms with van der Waals surface area (Å²) in [6.45, 7) is 1.90. The molecule has 0 radical (unpaired) electrons. The maximum atomic E-state index is 12.1. The zero-order valence-corrected chi connectivity index (χ0v) is 11.3. The number of carbonyl (C=O) groups excluding carboxylic acids is 1. The molecule has 4 heteroatoms. The summed E-state index contributed by atoms with van der Waals surface area (Å²) < 4.78 is 0. The van der Waals surface area contributed by atoms with Crippen molar-refractivity contribution in [1.82, 2.24) is 4.98 Å². The average Bonchev–Trinajstić information content (AvgIpc) is 2.32. The zero-order chi connectivity index (χ0) is 13.1. The molecule has 0 amide bonds. The first-order chi connectivity index (χ1) is 8.56. The molecule has 0 aliphatic carbocycles. The van der Waals surface area contributed by atoms with E-state index in [4.69, 9.17) is 23.2 Å². The summed E-state index contributed by atoms with van der Waals surface area (Å²) in [5, 5.41) is 1.07. The van der Waals surface area contributed by atoms with Crippen LogP contribution in [0.4, 0.5) is 0 Å². The normalized spacial score (nSPS) is 10.4. The van der Waals surface area contributed by atoms with Gasteiger partial charge in [0.25, 0.3) is 0 Å². The number of ketones is 1. The molecule has 1 aromatic heterocycles. The maximum absolute atomic E-state index is 12.1. The predicted molar refractivity (Wildman–Crippen MR) is 73.5 cm³/mol. The highest BCUT2D eigenvalue weighted by atomic mass is 35.5. The number of benzene rings is 1. The monoisotopic (exact) mass is 279 g/mol. The summed E-state index contributed by atoms with van der Waals surface area (Å²) in [4.78, 5) is 16.1. The zero-order valence-electron chi connectivity index (χ0n) is 9.78. The molecule has 2 aromatic rings. The molecule has 1 heterocycles. The Morgan fingerprint density at radius 2 is 2.00 bits per heavy atom. The molecule has 18 heavy (non-hydrogen) atoms. The molecule has 0 atom stereocenters. The minimum absolute atomic E-state index is 0.00424. The van der Waals surface area contributed by atoms with Crippen molar-refractivity contribution in [2.45, 2.75) is 13.3 Å². The molecule has 2 rings (SSSR count). The fraction of sp³-hybridized carbons (Fsp3) is 0.143. The smallest absolute Gasteiger partial charge is 0.168 e. The van der Waals surface area contributed by atoms with Gasteiger partial charge in [-0.1, -0.05) is 29.3 Å². The van der Waals surface area contributed by atoms with Crippen molar-refractivity contribution in [1.29, 1.82) is 0 Å². The number of hydrogen-bond acceptors (Lipinski definition) is 2. The molecular formula is C14H11Cl2NO. The summed E-state index contributed by atoms with van der Waals surface area (Å²) >= 11 is 11.9. The number of aryl methyl sites for hydroxylation is 1. The first-order valence-corrected chi connectivity index (χ1v) is 6.20. The van der Waals surface area contributed by atoms with Gasteiger partial charge < -0.3 is 0 Å². The summed E-state index contributed by atoms with van der Waals surface area (Å²) in [5.74, 6) is -0.00424. The van der Waals surface area contributed by atoms with Gasteiger partial charge in [-0.15, -0.1) is 0 Å². The number of nitrogens with zero attached hydrogens (tertiary/aromatic N) is 1. The minimum atomic E-state index is -0.00424. The Hall–Kier alpha value is -1.38. The molecule has 0 spiro atoms. The van der Waals surface area contributed by atoms with Crippen molar-refractivity contribution in [2.24, 2.45) is 0 Å². The highest BCUT2D eigenvalue weighted by molar-refractivity contribution is 6.35. The van der Waals surface area contributed by atoms with Crippen LogP contribution in [-0.2, 0) is 6.42 Å². The second kappa shape index (κ2) is 5.51. The SMILES string of the molecule is Cc1cncc(C(=O)Cc2ccc(Cl)cc2Cl)c1. The molecule has 0 saturated heterocycles. The van der Waals surface area contributed by atoms with Gasteiger partial charge in [-0.3, -0.25) is 9.78 Å². The molecule has 0 bridgehead atoms. The van der Waals surface area contributed by atoms with E-state index in [1.807, 2.05) is 13.0 Å². The Balaban J connectivity index is 2.21. The summed E-state index contributed by atoms with van der Waals surface area (Å²) in [6.07, 6.45) is 3.53. The fourth-order valence-corrected chi connectivity index (χ4v) is 2.12. The largest absolute Gasteiger partial charge is 0.294 e. The molecule has 0 fully saturated rings. The van der Waals surface area contributed by atoms with Gasteiger partial charge in [0.1, 0.15) is 0 Å². The molecule has 0 aliphatic rings. The molecule has 0 saturated carbocycles. The molecule has 0 aliphatic heterocycles. The van der Waals surface area contributed by atoms with E-state index in [0.29, 0.717) is 15.6 Å². The third-order valence-electron chi connectivity index (χ3n) is 2.56. The second-order valence-electron chi connectivity index (χ2n) is 4.09. The van der Waals surface area contributed by atoms with Gasteiger partial charge in [-0.25, -0.2) is 0 Å². The fourth-order valence-electron chi connectivity index (χ4n) is 1.65. The molecule has 2 nitrogen and oxygen atoms in total. The van der Waals surface area contributed by atoms with Crippen molar-refractivity contribution >= 4 is 29.0 Å². The van der Waals surface area contributed by atoms with Crippen molar-refractivity contribution in [2.75, 3.05) is 0 Å². The first kappa shape index (κ1) is 13.1. The van der Waals surface area contributed by atoms with Gasteiger partial charge in [-0.05, 0) is 36.2 Å². The molecule has 92 valence electrons. The lowest BCUT2D eigenvalue weighted by Crippen LogP contribution is -2.04. The standard InChI is InChI=1S/C14H11Cl2NO/c1-9-4-11(8-17-7-9)14(18)5-10-2-3-12(15)6-13(10)16/h2-4,6-8H,5H2,1H3. The van der Waals surface area contributed by atoms with Crippen molar-refractivity contribution in [3.05, 3.63) is 63.4 Å². The highest BCUT2D eigenvalue weighted by Crippen LogP contribution is 2.22. The van der Waals surface area contributed by atoms with Gasteiger partial charge in [-0.2, -0.15) is 0 Å². The van der Waals surface area contributed by atoms with Crippen LogP contribution in [0.25, 0.3) is 0 Å². The summed E-state index contributed by atoms with van der Waals surface area (Å²) in [5.41, 5.74) is 2.33. The van der Waals surface area contributed by atoms with Gasteiger partial charge in [0.2, 0.25) is 0 Å². The topological polar surface area (TPSA) is 30.0 Å². The number of halogens is 2. The number of Topliss-reactive ketones (excluding diaryl/α,β-unsaturated/α-hetero) is 1. The van der Waals surface area contributed by atoms with Crippen LogP contribution in [0.5, 0.6) is 0 Å². The minimum Gasteiger partial charge on any atom is -0.294 e. The van der Waals surface area contributed by atoms with Crippen LogP contribution < -0.4 is 0 Å². The van der Waals surface area contributed by atoms with Crippen molar-refractivity contribution < 1.29 is 4.79 Å². The number of carbonyl (C=O) groups is 1. The van der Waals surface area contributed by atoms with Crippen molar-refractivity contribution in [3.8, 4) is 0 Å². The number of hydrogen-bond donors (Lipinski definition) is 0. The van der Waals surface area contributed by atoms with E-state index < -0.39 is 0 Å². The van der Waals surface area contributed by atoms with E-state index in [1.165, 1.54) is 0 Å². The van der Waals surface area contributed by atoms with Crippen LogP contribution in [0, 0.1) is 6.92 Å². The van der Waals surface area contributed by atoms with E-state index in [9.17, 15) is 4.79 Å². The van der Waals surface area contributed by atoms with Crippen LogP contribution in [-0.4, -0.2) is 10.8 Å². The molecule has 0 N–H and O–H groups in total. The van der Waals surface area contributed by atoms with E-state index in [1.54, 1.807) is 30.6 Å². The van der Waals surface area contributed by atoms with Crippen LogP contribution in [0.3, 0.4) is 0 Å². The highest BCUT2D eigenvalue weighted by Gasteiger charge is 2.10. The van der Waals surface area contributed by atoms with Crippen LogP contribution >= 0.6 is 23.2 Å². The van der Waals surface area contributed by atoms with Gasteiger partial charge >= 0.3 is 0 Å². The number of pyridine rings is 1. The first-order valence-electron chi connectivity index (χ1n) is 5.45. The Morgan fingerprint density at radius 1 is 1.22 bits per heavy atom. The lowest BCUT2D eigenvalue weighted by atomic mass is 10.0. The lowest BCUT2D eigenvalue weighted by Gasteiger charge is -2.04. The lowest BCUT2D eigenvalue weighted by molar-refractivity contribution is 0.0992. The van der Waals surface area contributed by atoms with Crippen LogP contribution in [0.2, 0.25) is 10.0 Å². The summed E-state index contributed by atoms with van der Waals surface area (Å²) in [6, 6.07) is 6.95. The van der Waals surface area contributed by atoms with Gasteiger partial charge in [0, 0.05) is 34.4 Å². The number of rotatable bonds is 3. The molecule has 1 aromatic carbocycles. The Kier molecular flexibility index (Phi) is 4.00. The maximum Gasteiger partial charge on any atom is 0.168 e. The quantitative estimate of drug-likeness (QED) is 0.791. The second-order valence-corrected chi connectivity index (χ2v) is 4.93. The third kappa shape index (κ3) is 3.09. The van der Waals surface area contributed by atoms with Gasteiger partial charge in [0.15, 0.2) is 5.78 Å². The van der Waals surface area contributed by atoms with Gasteiger partial charge in [0.05, 0.1) is 0 Å². The van der Waals surface area contributed by atoms with Crippen LogP contribution in [0.15, 0.2) is 36.7 Å². The van der Waals surface area contributed by atoms with E-state index in [-0.39, 0.29) is 12.2 Å². The Labute approximate surface area is 116 Å². The Bertz CT molecular complexity index is 596. The summed E-state index contributed by atoms with van der Waals surface area (Å²) in [7, 11) is 0. The van der Waals surface area contributed by atoms with E-state index in [0.717, 1.165) is 11.1 Å². The number of aromatic nitrogens is 1. The molecular weight excluding hydrogens is 269 g/mol. The average molecular weight is 280 g/mol. The Morgan fingerprint density at radius 3 is 2.67 bits per heavy atom. The van der Waals surface area contributed by atoms with Crippen molar-refractivity contribution in [3.63, 3.8) is 0 Å². The predicted octanol–water partition coefficient (Wildman–Crippen LogP) is 4.12. The molecule has 0 unspecified atom stereocenters. The third-order valence-corrected chi connectivity index (χ3v) is 3.15. The van der Waals surface area contributed by atoms with Crippen LogP contribution in [0.1, 0.15) is 21.5 Å². The van der Waals surface area contributed by atoms with E-state index >= 15 is 0 Å².